The molecule has 3 aromatic rings. The molecule has 25 heavy (non-hydrogen) atoms. The van der Waals surface area contributed by atoms with Crippen molar-refractivity contribution >= 4 is 28.5 Å². The fourth-order valence-corrected chi connectivity index (χ4v) is 3.21. The minimum atomic E-state index is -0.227. The number of aryl methyl sites for hydroxylation is 2. The van der Waals surface area contributed by atoms with Gasteiger partial charge in [0, 0.05) is 28.0 Å². The molecule has 0 atom stereocenters. The molecule has 0 saturated carbocycles. The van der Waals surface area contributed by atoms with E-state index in [-0.39, 0.29) is 11.8 Å². The molecule has 0 radical (unpaired) electrons. The average Bonchev–Trinajstić information content (AvgIpc) is 2.95. The number of esters is 1. The van der Waals surface area contributed by atoms with Crippen LogP contribution >= 0.6 is 11.6 Å². The number of hydrogen-bond acceptors (Lipinski definition) is 2. The van der Waals surface area contributed by atoms with Crippen molar-refractivity contribution in [2.75, 3.05) is 7.11 Å². The highest BCUT2D eigenvalue weighted by Gasteiger charge is 2.15. The van der Waals surface area contributed by atoms with Crippen LogP contribution in [0.3, 0.4) is 0 Å². The number of ether oxygens (including phenoxy) is 1. The van der Waals surface area contributed by atoms with Crippen molar-refractivity contribution in [2.45, 2.75) is 26.2 Å². The zero-order chi connectivity index (χ0) is 18.0. The molecule has 3 nitrogen and oxygen atoms in total. The van der Waals surface area contributed by atoms with E-state index in [1.54, 1.807) is 13.0 Å². The Morgan fingerprint density at radius 2 is 2.04 bits per heavy atom. The molecule has 2 aromatic carbocycles. The number of nitrogens with one attached hydrogen (secondary N) is 1. The van der Waals surface area contributed by atoms with Crippen molar-refractivity contribution in [3.05, 3.63) is 58.4 Å². The maximum atomic E-state index is 13.6. The second kappa shape index (κ2) is 7.28. The number of methoxy groups -OCH3 is 1. The number of H-pyrrole nitrogens is 1. The van der Waals surface area contributed by atoms with Crippen molar-refractivity contribution in [1.82, 2.24) is 4.98 Å². The first-order chi connectivity index (χ1) is 12.0. The Morgan fingerprint density at radius 3 is 2.76 bits per heavy atom. The van der Waals surface area contributed by atoms with Gasteiger partial charge in [-0.1, -0.05) is 11.6 Å². The first-order valence-corrected chi connectivity index (χ1v) is 8.51. The molecule has 1 heterocycles. The summed E-state index contributed by atoms with van der Waals surface area (Å²) in [5, 5.41) is 1.68. The Kier molecular flexibility index (Phi) is 5.09. The number of hydrogen-bond donors (Lipinski definition) is 1. The molecule has 0 aliphatic carbocycles. The molecule has 0 unspecified atom stereocenters. The van der Waals surface area contributed by atoms with Gasteiger partial charge in [0.25, 0.3) is 0 Å². The van der Waals surface area contributed by atoms with Crippen LogP contribution in [0.15, 0.2) is 36.4 Å². The molecule has 0 aliphatic rings. The maximum absolute atomic E-state index is 13.6. The van der Waals surface area contributed by atoms with E-state index in [0.717, 1.165) is 27.7 Å². The Balaban J connectivity index is 2.05. The third kappa shape index (κ3) is 3.69. The van der Waals surface area contributed by atoms with Gasteiger partial charge < -0.3 is 9.72 Å². The number of fused-ring (bicyclic) bond motifs is 1. The van der Waals surface area contributed by atoms with Crippen LogP contribution in [0, 0.1) is 12.7 Å². The molecule has 0 spiro atoms. The Labute approximate surface area is 150 Å². The van der Waals surface area contributed by atoms with Crippen molar-refractivity contribution in [3.63, 3.8) is 0 Å². The summed E-state index contributed by atoms with van der Waals surface area (Å²) in [5.41, 5.74) is 4.49. The predicted molar refractivity (Wildman–Crippen MR) is 98.4 cm³/mol. The monoisotopic (exact) mass is 359 g/mol. The van der Waals surface area contributed by atoms with Crippen molar-refractivity contribution in [2.24, 2.45) is 0 Å². The average molecular weight is 360 g/mol. The number of aromatic amines is 1. The minimum absolute atomic E-state index is 0.225. The van der Waals surface area contributed by atoms with Gasteiger partial charge >= 0.3 is 5.97 Å². The molecule has 5 heteroatoms. The highest BCUT2D eigenvalue weighted by atomic mass is 35.5. The van der Waals surface area contributed by atoms with Crippen LogP contribution in [0.1, 0.15) is 24.0 Å². The molecule has 130 valence electrons. The number of carbonyl (C=O) groups excluding carboxylic acids is 1. The number of aromatic nitrogens is 1. The Hall–Kier alpha value is -2.33. The standard InChI is InChI=1S/C20H19ClFNO2/c1-12-10-13(6-8-17(12)22)20-15(4-3-5-19(24)25-2)16-11-14(21)7-9-18(16)23-20/h6-11,23H,3-5H2,1-2H3. The van der Waals surface area contributed by atoms with Crippen LogP contribution in [0.2, 0.25) is 5.02 Å². The highest BCUT2D eigenvalue weighted by molar-refractivity contribution is 6.31. The Morgan fingerprint density at radius 1 is 1.24 bits per heavy atom. The Bertz CT molecular complexity index is 933. The number of carbonyl (C=O) groups is 1. The van der Waals surface area contributed by atoms with E-state index in [9.17, 15) is 9.18 Å². The molecule has 0 saturated heterocycles. The van der Waals surface area contributed by atoms with E-state index in [4.69, 9.17) is 16.3 Å². The summed E-state index contributed by atoms with van der Waals surface area (Å²) in [5.74, 6) is -0.452. The minimum Gasteiger partial charge on any atom is -0.469 e. The van der Waals surface area contributed by atoms with Gasteiger partial charge in [0.05, 0.1) is 7.11 Å². The molecule has 1 N–H and O–H groups in total. The lowest BCUT2D eigenvalue weighted by atomic mass is 9.99. The maximum Gasteiger partial charge on any atom is 0.305 e. The molecule has 0 amide bonds. The van der Waals surface area contributed by atoms with Gasteiger partial charge in [-0.2, -0.15) is 0 Å². The normalized spacial score (nSPS) is 11.0. The summed E-state index contributed by atoms with van der Waals surface area (Å²) in [6.07, 6.45) is 1.71. The summed E-state index contributed by atoms with van der Waals surface area (Å²) < 4.78 is 18.3. The second-order valence-corrected chi connectivity index (χ2v) is 6.50. The van der Waals surface area contributed by atoms with Crippen molar-refractivity contribution in [1.29, 1.82) is 0 Å². The van der Waals surface area contributed by atoms with Gasteiger partial charge in [-0.25, -0.2) is 4.39 Å². The summed E-state index contributed by atoms with van der Waals surface area (Å²) in [4.78, 5) is 14.8. The van der Waals surface area contributed by atoms with E-state index in [2.05, 4.69) is 4.98 Å². The predicted octanol–water partition coefficient (Wildman–Crippen LogP) is 5.43. The molecule has 0 aliphatic heterocycles. The third-order valence-electron chi connectivity index (χ3n) is 4.35. The van der Waals surface area contributed by atoms with Gasteiger partial charge in [-0.15, -0.1) is 0 Å². The van der Waals surface area contributed by atoms with Crippen LogP contribution in [-0.4, -0.2) is 18.1 Å². The van der Waals surface area contributed by atoms with Gasteiger partial charge in [0.1, 0.15) is 5.82 Å². The SMILES string of the molecule is COC(=O)CCCc1c(-c2ccc(F)c(C)c2)[nH]c2ccc(Cl)cc12. The van der Waals surface area contributed by atoms with E-state index in [0.29, 0.717) is 29.8 Å². The number of rotatable bonds is 5. The number of halogens is 2. The second-order valence-electron chi connectivity index (χ2n) is 6.06. The van der Waals surface area contributed by atoms with Crippen molar-refractivity contribution < 1.29 is 13.9 Å². The van der Waals surface area contributed by atoms with Crippen LogP contribution < -0.4 is 0 Å². The lowest BCUT2D eigenvalue weighted by Crippen LogP contribution is -2.01. The summed E-state index contributed by atoms with van der Waals surface area (Å²) in [7, 11) is 1.39. The molecule has 1 aromatic heterocycles. The number of benzene rings is 2. The smallest absolute Gasteiger partial charge is 0.305 e. The largest absolute Gasteiger partial charge is 0.469 e. The fraction of sp³-hybridized carbons (Fsp3) is 0.250. The van der Waals surface area contributed by atoms with Crippen LogP contribution in [-0.2, 0) is 16.0 Å². The van der Waals surface area contributed by atoms with E-state index < -0.39 is 0 Å². The first kappa shape index (κ1) is 17.5. The van der Waals surface area contributed by atoms with Gasteiger partial charge in [0.2, 0.25) is 0 Å². The molecule has 0 bridgehead atoms. The van der Waals surface area contributed by atoms with Crippen molar-refractivity contribution in [3.8, 4) is 11.3 Å². The van der Waals surface area contributed by atoms with E-state index >= 15 is 0 Å². The fourth-order valence-electron chi connectivity index (χ4n) is 3.04. The molecular formula is C20H19ClFNO2. The summed E-state index contributed by atoms with van der Waals surface area (Å²) in [6.45, 7) is 1.75. The molecular weight excluding hydrogens is 341 g/mol. The van der Waals surface area contributed by atoms with Crippen LogP contribution in [0.25, 0.3) is 22.2 Å². The zero-order valence-corrected chi connectivity index (χ0v) is 14.9. The van der Waals surface area contributed by atoms with Gasteiger partial charge in [0.15, 0.2) is 0 Å². The first-order valence-electron chi connectivity index (χ1n) is 8.13. The quantitative estimate of drug-likeness (QED) is 0.617. The van der Waals surface area contributed by atoms with E-state index in [1.165, 1.54) is 13.2 Å². The lowest BCUT2D eigenvalue weighted by molar-refractivity contribution is -0.140. The molecule has 0 fully saturated rings. The third-order valence-corrected chi connectivity index (χ3v) is 4.59. The highest BCUT2D eigenvalue weighted by Crippen LogP contribution is 2.33. The van der Waals surface area contributed by atoms with Gasteiger partial charge in [-0.3, -0.25) is 4.79 Å². The summed E-state index contributed by atoms with van der Waals surface area (Å²) in [6, 6.07) is 10.7. The topological polar surface area (TPSA) is 42.1 Å². The van der Waals surface area contributed by atoms with E-state index in [1.807, 2.05) is 24.3 Å². The van der Waals surface area contributed by atoms with Crippen LogP contribution in [0.4, 0.5) is 4.39 Å². The lowest BCUT2D eigenvalue weighted by Gasteiger charge is -2.07. The van der Waals surface area contributed by atoms with Crippen LogP contribution in [0.5, 0.6) is 0 Å². The molecule has 3 rings (SSSR count). The van der Waals surface area contributed by atoms with Gasteiger partial charge in [-0.05, 0) is 72.9 Å². The zero-order valence-electron chi connectivity index (χ0n) is 14.2. The summed E-state index contributed by atoms with van der Waals surface area (Å²) >= 11 is 6.16.